The highest BCUT2D eigenvalue weighted by atomic mass is 16.5. The number of pyridine rings is 1. The first-order chi connectivity index (χ1) is 7.27. The van der Waals surface area contributed by atoms with Crippen LogP contribution >= 0.6 is 0 Å². The SMILES string of the molecule is C/C=C\c1cc(OCCCC)cnc1C. The molecule has 0 saturated carbocycles. The van der Waals surface area contributed by atoms with E-state index in [9.17, 15) is 0 Å². The maximum atomic E-state index is 5.59. The zero-order valence-corrected chi connectivity index (χ0v) is 9.79. The number of aromatic nitrogens is 1. The van der Waals surface area contributed by atoms with Crippen molar-refractivity contribution in [1.82, 2.24) is 4.98 Å². The van der Waals surface area contributed by atoms with Crippen molar-refractivity contribution in [2.75, 3.05) is 6.61 Å². The summed E-state index contributed by atoms with van der Waals surface area (Å²) in [6.07, 6.45) is 8.10. The van der Waals surface area contributed by atoms with E-state index in [-0.39, 0.29) is 0 Å². The second-order valence-electron chi connectivity index (χ2n) is 3.55. The third kappa shape index (κ3) is 3.74. The Morgan fingerprint density at radius 2 is 2.27 bits per heavy atom. The van der Waals surface area contributed by atoms with E-state index in [1.807, 2.05) is 26.0 Å². The van der Waals surface area contributed by atoms with Crippen LogP contribution in [0.1, 0.15) is 37.9 Å². The number of unbranched alkanes of at least 4 members (excludes halogenated alkanes) is 1. The molecular weight excluding hydrogens is 186 g/mol. The molecule has 0 radical (unpaired) electrons. The van der Waals surface area contributed by atoms with Crippen molar-refractivity contribution in [2.45, 2.75) is 33.6 Å². The van der Waals surface area contributed by atoms with E-state index in [1.54, 1.807) is 6.20 Å². The Morgan fingerprint density at radius 3 is 2.93 bits per heavy atom. The molecule has 0 fully saturated rings. The Hall–Kier alpha value is -1.31. The quantitative estimate of drug-likeness (QED) is 0.685. The molecular formula is C13H19NO. The minimum atomic E-state index is 0.774. The molecule has 0 spiro atoms. The lowest BCUT2D eigenvalue weighted by Crippen LogP contribution is -1.98. The smallest absolute Gasteiger partial charge is 0.138 e. The third-order valence-corrected chi connectivity index (χ3v) is 2.21. The van der Waals surface area contributed by atoms with E-state index in [2.05, 4.69) is 18.0 Å². The Morgan fingerprint density at radius 1 is 1.47 bits per heavy atom. The van der Waals surface area contributed by atoms with Crippen LogP contribution in [0.3, 0.4) is 0 Å². The molecule has 2 nitrogen and oxygen atoms in total. The first kappa shape index (κ1) is 11.8. The Bertz CT molecular complexity index is 331. The summed E-state index contributed by atoms with van der Waals surface area (Å²) in [5.41, 5.74) is 2.17. The molecule has 1 heterocycles. The molecule has 0 unspecified atom stereocenters. The van der Waals surface area contributed by atoms with Gasteiger partial charge in [0.05, 0.1) is 12.8 Å². The summed E-state index contributed by atoms with van der Waals surface area (Å²) in [6, 6.07) is 2.04. The van der Waals surface area contributed by atoms with Crippen molar-refractivity contribution in [3.8, 4) is 5.75 Å². The summed E-state index contributed by atoms with van der Waals surface area (Å²) in [5.74, 6) is 0.863. The van der Waals surface area contributed by atoms with Crippen LogP contribution in [0, 0.1) is 6.92 Å². The molecule has 0 amide bonds. The van der Waals surface area contributed by atoms with Gasteiger partial charge in [-0.2, -0.15) is 0 Å². The standard InChI is InChI=1S/C13H19NO/c1-4-6-8-15-13-9-12(7-5-2)11(3)14-10-13/h5,7,9-10H,4,6,8H2,1-3H3/b7-5-. The second kappa shape index (κ2) is 6.23. The van der Waals surface area contributed by atoms with E-state index in [1.165, 1.54) is 0 Å². The maximum Gasteiger partial charge on any atom is 0.138 e. The van der Waals surface area contributed by atoms with E-state index in [4.69, 9.17) is 4.74 Å². The van der Waals surface area contributed by atoms with Crippen molar-refractivity contribution in [2.24, 2.45) is 0 Å². The fraction of sp³-hybridized carbons (Fsp3) is 0.462. The molecule has 0 atom stereocenters. The Labute approximate surface area is 92.0 Å². The average molecular weight is 205 g/mol. The Kier molecular flexibility index (Phi) is 4.88. The van der Waals surface area contributed by atoms with E-state index in [0.717, 1.165) is 36.5 Å². The zero-order chi connectivity index (χ0) is 11.1. The van der Waals surface area contributed by atoms with Crippen molar-refractivity contribution in [1.29, 1.82) is 0 Å². The van der Waals surface area contributed by atoms with Crippen LogP contribution in [-0.2, 0) is 0 Å². The summed E-state index contributed by atoms with van der Waals surface area (Å²) < 4.78 is 5.59. The van der Waals surface area contributed by atoms with Gasteiger partial charge in [-0.25, -0.2) is 0 Å². The van der Waals surface area contributed by atoms with Gasteiger partial charge < -0.3 is 4.74 Å². The molecule has 1 aromatic heterocycles. The van der Waals surface area contributed by atoms with Crippen molar-refractivity contribution < 1.29 is 4.74 Å². The van der Waals surface area contributed by atoms with Gasteiger partial charge in [0.25, 0.3) is 0 Å². The highest BCUT2D eigenvalue weighted by Crippen LogP contribution is 2.16. The average Bonchev–Trinajstić information content (AvgIpc) is 2.23. The van der Waals surface area contributed by atoms with Gasteiger partial charge in [0.15, 0.2) is 0 Å². The molecule has 1 rings (SSSR count). The maximum absolute atomic E-state index is 5.59. The summed E-state index contributed by atoms with van der Waals surface area (Å²) in [5, 5.41) is 0. The molecule has 0 aliphatic rings. The van der Waals surface area contributed by atoms with Gasteiger partial charge in [-0.3, -0.25) is 4.98 Å². The molecule has 0 saturated heterocycles. The highest BCUT2D eigenvalue weighted by molar-refractivity contribution is 5.53. The van der Waals surface area contributed by atoms with E-state index < -0.39 is 0 Å². The van der Waals surface area contributed by atoms with Crippen molar-refractivity contribution in [3.05, 3.63) is 29.6 Å². The molecule has 82 valence electrons. The number of allylic oxidation sites excluding steroid dienone is 1. The minimum Gasteiger partial charge on any atom is -0.492 e. The number of hydrogen-bond donors (Lipinski definition) is 0. The van der Waals surface area contributed by atoms with Crippen LogP contribution < -0.4 is 4.74 Å². The summed E-state index contributed by atoms with van der Waals surface area (Å²) >= 11 is 0. The lowest BCUT2D eigenvalue weighted by atomic mass is 10.2. The van der Waals surface area contributed by atoms with Gasteiger partial charge >= 0.3 is 0 Å². The van der Waals surface area contributed by atoms with Gasteiger partial charge in [-0.15, -0.1) is 0 Å². The van der Waals surface area contributed by atoms with Crippen LogP contribution in [-0.4, -0.2) is 11.6 Å². The molecule has 2 heteroatoms. The first-order valence-corrected chi connectivity index (χ1v) is 5.50. The van der Waals surface area contributed by atoms with Gasteiger partial charge in [0.2, 0.25) is 0 Å². The fourth-order valence-electron chi connectivity index (χ4n) is 1.29. The molecule has 0 aromatic carbocycles. The second-order valence-corrected chi connectivity index (χ2v) is 3.55. The largest absolute Gasteiger partial charge is 0.492 e. The van der Waals surface area contributed by atoms with Gasteiger partial charge in [-0.05, 0) is 31.9 Å². The Balaban J connectivity index is 2.69. The third-order valence-electron chi connectivity index (χ3n) is 2.21. The topological polar surface area (TPSA) is 22.1 Å². The van der Waals surface area contributed by atoms with Crippen LogP contribution in [0.5, 0.6) is 5.75 Å². The highest BCUT2D eigenvalue weighted by Gasteiger charge is 1.99. The molecule has 15 heavy (non-hydrogen) atoms. The van der Waals surface area contributed by atoms with Crippen LogP contribution in [0.2, 0.25) is 0 Å². The van der Waals surface area contributed by atoms with Crippen LogP contribution in [0.15, 0.2) is 18.3 Å². The number of nitrogens with zero attached hydrogens (tertiary/aromatic N) is 1. The van der Waals surface area contributed by atoms with Gasteiger partial charge in [0, 0.05) is 5.69 Å². The predicted octanol–water partition coefficient (Wildman–Crippen LogP) is 3.60. The lowest BCUT2D eigenvalue weighted by Gasteiger charge is -2.07. The van der Waals surface area contributed by atoms with E-state index in [0.29, 0.717) is 0 Å². The number of rotatable bonds is 5. The molecule has 0 bridgehead atoms. The zero-order valence-electron chi connectivity index (χ0n) is 9.79. The number of ether oxygens (including phenoxy) is 1. The van der Waals surface area contributed by atoms with Gasteiger partial charge in [0.1, 0.15) is 5.75 Å². The molecule has 1 aromatic rings. The minimum absolute atomic E-state index is 0.774. The first-order valence-electron chi connectivity index (χ1n) is 5.50. The van der Waals surface area contributed by atoms with Crippen molar-refractivity contribution in [3.63, 3.8) is 0 Å². The van der Waals surface area contributed by atoms with Crippen LogP contribution in [0.25, 0.3) is 6.08 Å². The molecule has 0 aliphatic heterocycles. The number of hydrogen-bond acceptors (Lipinski definition) is 2. The predicted molar refractivity (Wildman–Crippen MR) is 64.1 cm³/mol. The normalized spacial score (nSPS) is 10.9. The summed E-state index contributed by atoms with van der Waals surface area (Å²) in [6.45, 7) is 6.94. The van der Waals surface area contributed by atoms with Gasteiger partial charge in [-0.1, -0.05) is 25.5 Å². The molecule has 0 aliphatic carbocycles. The fourth-order valence-corrected chi connectivity index (χ4v) is 1.29. The van der Waals surface area contributed by atoms with E-state index >= 15 is 0 Å². The lowest BCUT2D eigenvalue weighted by molar-refractivity contribution is 0.308. The number of aryl methyl sites for hydroxylation is 1. The summed E-state index contributed by atoms with van der Waals surface area (Å²) in [7, 11) is 0. The van der Waals surface area contributed by atoms with Crippen LogP contribution in [0.4, 0.5) is 0 Å². The molecule has 0 N–H and O–H groups in total. The monoisotopic (exact) mass is 205 g/mol. The summed E-state index contributed by atoms with van der Waals surface area (Å²) in [4.78, 5) is 4.30. The van der Waals surface area contributed by atoms with Crippen molar-refractivity contribution >= 4 is 6.08 Å².